The average Bonchev–Trinajstić information content (AvgIpc) is 3.28. The maximum absolute atomic E-state index is 12.8. The molecule has 0 amide bonds. The number of esters is 3. The minimum absolute atomic E-state index is 0.129. The van der Waals surface area contributed by atoms with Gasteiger partial charge in [0, 0.05) is 19.3 Å². The highest BCUT2D eigenvalue weighted by Gasteiger charge is 2.19. The van der Waals surface area contributed by atoms with Crippen molar-refractivity contribution in [2.24, 2.45) is 0 Å². The lowest BCUT2D eigenvalue weighted by molar-refractivity contribution is -0.166. The van der Waals surface area contributed by atoms with E-state index in [1.54, 1.807) is 0 Å². The second-order valence-electron chi connectivity index (χ2n) is 16.0. The number of carbonyl (C=O) groups is 3. The van der Waals surface area contributed by atoms with E-state index in [2.05, 4.69) is 130 Å². The van der Waals surface area contributed by atoms with Gasteiger partial charge in [0.25, 0.3) is 0 Å². The van der Waals surface area contributed by atoms with Crippen LogP contribution in [0.5, 0.6) is 0 Å². The number of hydrogen-bond donors (Lipinski definition) is 0. The Balaban J connectivity index is 4.59. The van der Waals surface area contributed by atoms with Gasteiger partial charge in [0.15, 0.2) is 6.10 Å². The molecule has 0 aliphatic carbocycles. The smallest absolute Gasteiger partial charge is 0.306 e. The van der Waals surface area contributed by atoms with Gasteiger partial charge < -0.3 is 14.2 Å². The van der Waals surface area contributed by atoms with E-state index in [0.717, 1.165) is 96.3 Å². The Morgan fingerprint density at radius 2 is 0.667 bits per heavy atom. The largest absolute Gasteiger partial charge is 0.462 e. The molecule has 0 saturated carbocycles. The van der Waals surface area contributed by atoms with Gasteiger partial charge in [0.2, 0.25) is 0 Å². The average molecular weight is 871 g/mol. The third kappa shape index (κ3) is 48.7. The molecule has 0 spiro atoms. The van der Waals surface area contributed by atoms with Gasteiger partial charge in [-0.05, 0) is 116 Å². The first-order chi connectivity index (χ1) is 31.0. The third-order valence-corrected chi connectivity index (χ3v) is 9.93. The summed E-state index contributed by atoms with van der Waals surface area (Å²) in [5, 5.41) is 0. The summed E-state index contributed by atoms with van der Waals surface area (Å²) in [6, 6.07) is 0. The van der Waals surface area contributed by atoms with Crippen molar-refractivity contribution in [1.29, 1.82) is 0 Å². The first-order valence-corrected chi connectivity index (χ1v) is 25.0. The molecule has 0 aromatic carbocycles. The molecule has 6 nitrogen and oxygen atoms in total. The van der Waals surface area contributed by atoms with Crippen LogP contribution in [0.25, 0.3) is 0 Å². The normalized spacial score (nSPS) is 13.1. The molecule has 0 aromatic rings. The maximum Gasteiger partial charge on any atom is 0.306 e. The van der Waals surface area contributed by atoms with E-state index < -0.39 is 12.1 Å². The predicted octanol–water partition coefficient (Wildman–Crippen LogP) is 16.5. The molecule has 354 valence electrons. The number of unbranched alkanes of at least 4 members (excludes halogenated alkanes) is 12. The van der Waals surface area contributed by atoms with E-state index in [-0.39, 0.29) is 38.0 Å². The van der Waals surface area contributed by atoms with Crippen molar-refractivity contribution in [3.05, 3.63) is 122 Å². The molecule has 0 aliphatic heterocycles. The van der Waals surface area contributed by atoms with Crippen LogP contribution in [0.4, 0.5) is 0 Å². The summed E-state index contributed by atoms with van der Waals surface area (Å²) >= 11 is 0. The highest BCUT2D eigenvalue weighted by atomic mass is 16.6. The Morgan fingerprint density at radius 3 is 1.13 bits per heavy atom. The maximum atomic E-state index is 12.8. The summed E-state index contributed by atoms with van der Waals surface area (Å²) in [5.41, 5.74) is 0. The second kappa shape index (κ2) is 50.5. The molecule has 0 saturated heterocycles. The molecule has 6 heteroatoms. The Labute approximate surface area is 386 Å². The van der Waals surface area contributed by atoms with Gasteiger partial charge in [-0.2, -0.15) is 0 Å². The van der Waals surface area contributed by atoms with Crippen molar-refractivity contribution in [3.8, 4) is 0 Å². The first-order valence-electron chi connectivity index (χ1n) is 25.0. The molecule has 0 unspecified atom stereocenters. The lowest BCUT2D eigenvalue weighted by Gasteiger charge is -2.18. The molecule has 0 radical (unpaired) electrons. The van der Waals surface area contributed by atoms with Gasteiger partial charge in [-0.25, -0.2) is 0 Å². The summed E-state index contributed by atoms with van der Waals surface area (Å²) in [6.07, 6.45) is 69.1. The second-order valence-corrected chi connectivity index (χ2v) is 16.0. The van der Waals surface area contributed by atoms with E-state index >= 15 is 0 Å². The van der Waals surface area contributed by atoms with Crippen molar-refractivity contribution in [1.82, 2.24) is 0 Å². The number of allylic oxidation sites excluding steroid dienone is 20. The molecule has 0 fully saturated rings. The zero-order valence-electron chi connectivity index (χ0n) is 40.3. The monoisotopic (exact) mass is 871 g/mol. The summed E-state index contributed by atoms with van der Waals surface area (Å²) < 4.78 is 16.6. The van der Waals surface area contributed by atoms with Crippen molar-refractivity contribution in [2.45, 2.75) is 207 Å². The Hall–Kier alpha value is -4.19. The molecule has 0 aliphatic rings. The zero-order valence-corrected chi connectivity index (χ0v) is 40.3. The third-order valence-electron chi connectivity index (χ3n) is 9.93. The van der Waals surface area contributed by atoms with Crippen molar-refractivity contribution < 1.29 is 28.6 Å². The van der Waals surface area contributed by atoms with Crippen molar-refractivity contribution in [3.63, 3.8) is 0 Å². The highest BCUT2D eigenvalue weighted by molar-refractivity contribution is 5.71. The predicted molar refractivity (Wildman–Crippen MR) is 269 cm³/mol. The van der Waals surface area contributed by atoms with Gasteiger partial charge in [0.1, 0.15) is 13.2 Å². The minimum atomic E-state index is -0.840. The molecule has 63 heavy (non-hydrogen) atoms. The van der Waals surface area contributed by atoms with Crippen LogP contribution in [0.15, 0.2) is 122 Å². The number of carbonyl (C=O) groups excluding carboxylic acids is 3. The standard InChI is InChI=1S/C57H90O6/c1-4-7-10-13-16-19-22-24-26-27-28-29-31-33-36-39-42-45-48-51-57(60)63-54(52-61-55(58)49-46-43-40-37-34-21-18-15-12-9-6-3)53-62-56(59)50-47-44-41-38-35-32-30-25-23-20-17-14-11-8-5-2/h8,11,15-20,24-26,28-30,33,35-36,38,42,45,54H,4-7,9-10,12-14,21-23,27,31-32,34,37,39-41,43-44,46-53H2,1-3H3/b11-8-,18-15-,19-16-,20-17-,26-24-,29-28-,30-25-,36-33-,38-35-,45-42-/t54-/m0/s1. The quantitative estimate of drug-likeness (QED) is 0.0263. The zero-order chi connectivity index (χ0) is 45.8. The fraction of sp³-hybridized carbons (Fsp3) is 0.596. The summed E-state index contributed by atoms with van der Waals surface area (Å²) in [7, 11) is 0. The minimum Gasteiger partial charge on any atom is -0.462 e. The van der Waals surface area contributed by atoms with E-state index in [9.17, 15) is 14.4 Å². The Morgan fingerprint density at radius 1 is 0.333 bits per heavy atom. The van der Waals surface area contributed by atoms with Gasteiger partial charge >= 0.3 is 17.9 Å². The van der Waals surface area contributed by atoms with Gasteiger partial charge in [-0.1, -0.05) is 187 Å². The molecule has 1 atom stereocenters. The van der Waals surface area contributed by atoms with Crippen LogP contribution in [0, 0.1) is 0 Å². The van der Waals surface area contributed by atoms with Gasteiger partial charge in [0.05, 0.1) is 0 Å². The molecule has 0 N–H and O–H groups in total. The van der Waals surface area contributed by atoms with Crippen LogP contribution in [0.3, 0.4) is 0 Å². The Bertz CT molecular complexity index is 1370. The molecule has 0 rings (SSSR count). The molecule has 0 heterocycles. The Kier molecular flexibility index (Phi) is 47.1. The van der Waals surface area contributed by atoms with Crippen LogP contribution < -0.4 is 0 Å². The van der Waals surface area contributed by atoms with Gasteiger partial charge in [-0.15, -0.1) is 0 Å². The fourth-order valence-electron chi connectivity index (χ4n) is 6.16. The van der Waals surface area contributed by atoms with Crippen LogP contribution in [0.2, 0.25) is 0 Å². The van der Waals surface area contributed by atoms with Crippen LogP contribution >= 0.6 is 0 Å². The topological polar surface area (TPSA) is 78.9 Å². The van der Waals surface area contributed by atoms with E-state index in [4.69, 9.17) is 14.2 Å². The van der Waals surface area contributed by atoms with Crippen LogP contribution in [0.1, 0.15) is 201 Å². The number of hydrogen-bond acceptors (Lipinski definition) is 6. The highest BCUT2D eigenvalue weighted by Crippen LogP contribution is 2.11. The molecular weight excluding hydrogens is 781 g/mol. The van der Waals surface area contributed by atoms with Crippen molar-refractivity contribution in [2.75, 3.05) is 13.2 Å². The number of rotatable bonds is 43. The summed E-state index contributed by atoms with van der Waals surface area (Å²) in [5.74, 6) is -1.08. The SMILES string of the molecule is CC/C=C\C/C=C\C/C=C\C/C=C\CCCCC(=O)OC[C@H](COC(=O)CCCCCCC/C=C\CCCC)OC(=O)CC/C=C\C/C=C\C/C=C\C/C=C\C/C=C\CCCCC. The first kappa shape index (κ1) is 58.8. The molecule has 0 aromatic heterocycles. The van der Waals surface area contributed by atoms with E-state index in [0.29, 0.717) is 19.3 Å². The van der Waals surface area contributed by atoms with Crippen molar-refractivity contribution >= 4 is 17.9 Å². The fourth-order valence-corrected chi connectivity index (χ4v) is 6.16. The van der Waals surface area contributed by atoms with Crippen LogP contribution in [-0.4, -0.2) is 37.2 Å². The molecule has 0 bridgehead atoms. The number of ether oxygens (including phenoxy) is 3. The lowest BCUT2D eigenvalue weighted by atomic mass is 10.1. The summed E-state index contributed by atoms with van der Waals surface area (Å²) in [6.45, 7) is 6.32. The lowest BCUT2D eigenvalue weighted by Crippen LogP contribution is -2.30. The van der Waals surface area contributed by atoms with E-state index in [1.165, 1.54) is 51.4 Å². The summed E-state index contributed by atoms with van der Waals surface area (Å²) in [4.78, 5) is 37.9. The van der Waals surface area contributed by atoms with Gasteiger partial charge in [-0.3, -0.25) is 14.4 Å². The van der Waals surface area contributed by atoms with E-state index in [1.807, 2.05) is 12.2 Å². The van der Waals surface area contributed by atoms with Crippen LogP contribution in [-0.2, 0) is 28.6 Å². The molecular formula is C57H90O6.